The highest BCUT2D eigenvalue weighted by molar-refractivity contribution is 14.0. The quantitative estimate of drug-likeness (QED) is 0.389. The van der Waals surface area contributed by atoms with E-state index in [-0.39, 0.29) is 29.8 Å². The van der Waals surface area contributed by atoms with Crippen LogP contribution >= 0.6 is 51.2 Å². The predicted molar refractivity (Wildman–Crippen MR) is 101 cm³/mol. The highest BCUT2D eigenvalue weighted by Gasteiger charge is 2.02. The van der Waals surface area contributed by atoms with Crippen molar-refractivity contribution in [3.8, 4) is 0 Å². The van der Waals surface area contributed by atoms with E-state index in [1.54, 1.807) is 24.5 Å². The van der Waals surface area contributed by atoms with Crippen LogP contribution in [0.25, 0.3) is 0 Å². The lowest BCUT2D eigenvalue weighted by molar-refractivity contribution is 0.618. The number of nitrogens with zero attached hydrogens (tertiary/aromatic N) is 1. The molecule has 21 heavy (non-hydrogen) atoms. The maximum atomic E-state index is 13.4. The van der Waals surface area contributed by atoms with Crippen molar-refractivity contribution in [2.75, 3.05) is 7.05 Å². The van der Waals surface area contributed by atoms with Gasteiger partial charge in [-0.05, 0) is 45.1 Å². The van der Waals surface area contributed by atoms with E-state index < -0.39 is 0 Å². The molecular weight excluding hydrogens is 468 g/mol. The number of benzene rings is 1. The molecule has 0 atom stereocenters. The first-order valence-corrected chi connectivity index (χ1v) is 7.77. The number of nitrogens with one attached hydrogen (secondary N) is 2. The molecule has 7 heteroatoms. The van der Waals surface area contributed by atoms with Gasteiger partial charge >= 0.3 is 0 Å². The first kappa shape index (κ1) is 18.4. The molecule has 0 fully saturated rings. The van der Waals surface area contributed by atoms with Gasteiger partial charge in [-0.25, -0.2) is 4.39 Å². The van der Waals surface area contributed by atoms with Gasteiger partial charge in [0, 0.05) is 18.5 Å². The van der Waals surface area contributed by atoms with Gasteiger partial charge < -0.3 is 10.6 Å². The number of hydrogen-bond acceptors (Lipinski definition) is 2. The van der Waals surface area contributed by atoms with Gasteiger partial charge in [0.25, 0.3) is 0 Å². The van der Waals surface area contributed by atoms with Crippen molar-refractivity contribution in [1.82, 2.24) is 10.6 Å². The van der Waals surface area contributed by atoms with Crippen LogP contribution in [0.15, 0.2) is 45.2 Å². The molecule has 114 valence electrons. The van der Waals surface area contributed by atoms with Crippen LogP contribution in [-0.4, -0.2) is 13.0 Å². The minimum Gasteiger partial charge on any atom is -0.352 e. The van der Waals surface area contributed by atoms with Gasteiger partial charge in [-0.1, -0.05) is 12.1 Å². The molecule has 0 aliphatic heterocycles. The van der Waals surface area contributed by atoms with E-state index in [0.29, 0.717) is 17.0 Å². The van der Waals surface area contributed by atoms with Crippen LogP contribution in [0.1, 0.15) is 10.4 Å². The zero-order valence-corrected chi connectivity index (χ0v) is 16.1. The Morgan fingerprint density at radius 2 is 2.05 bits per heavy atom. The average Bonchev–Trinajstić information content (AvgIpc) is 2.96. The summed E-state index contributed by atoms with van der Waals surface area (Å²) in [5.41, 5.74) is 0.866. The number of hydrogen-bond donors (Lipinski definition) is 2. The van der Waals surface area contributed by atoms with Gasteiger partial charge in [0.15, 0.2) is 5.96 Å². The standard InChI is InChI=1S/C14H15BrFN3S.HI/c1-17-14(19-9-11-3-2-6-20-11)18-8-10-4-5-12(15)13(16)7-10;/h2-7H,8-9H2,1H3,(H2,17,18,19);1H. The lowest BCUT2D eigenvalue weighted by Gasteiger charge is -2.11. The molecular formula is C14H16BrFIN3S. The lowest BCUT2D eigenvalue weighted by atomic mass is 10.2. The summed E-state index contributed by atoms with van der Waals surface area (Å²) in [6.07, 6.45) is 0. The zero-order valence-electron chi connectivity index (χ0n) is 11.4. The Morgan fingerprint density at radius 1 is 1.29 bits per heavy atom. The number of halogens is 3. The number of guanidine groups is 1. The van der Waals surface area contributed by atoms with E-state index in [1.807, 2.05) is 17.5 Å². The third-order valence-corrected chi connectivity index (χ3v) is 4.20. The van der Waals surface area contributed by atoms with Gasteiger partial charge in [-0.15, -0.1) is 35.3 Å². The smallest absolute Gasteiger partial charge is 0.191 e. The summed E-state index contributed by atoms with van der Waals surface area (Å²) in [4.78, 5) is 5.38. The van der Waals surface area contributed by atoms with Crippen molar-refractivity contribution < 1.29 is 4.39 Å². The molecule has 0 unspecified atom stereocenters. The highest BCUT2D eigenvalue weighted by Crippen LogP contribution is 2.16. The molecule has 1 aromatic heterocycles. The van der Waals surface area contributed by atoms with Crippen LogP contribution in [0.3, 0.4) is 0 Å². The minimum absolute atomic E-state index is 0. The predicted octanol–water partition coefficient (Wildman–Crippen LogP) is 4.13. The van der Waals surface area contributed by atoms with Crippen molar-refractivity contribution in [1.29, 1.82) is 0 Å². The Labute approximate surface area is 153 Å². The normalized spacial score (nSPS) is 10.9. The van der Waals surface area contributed by atoms with Gasteiger partial charge in [0.1, 0.15) is 5.82 Å². The summed E-state index contributed by atoms with van der Waals surface area (Å²) in [6.45, 7) is 1.25. The molecule has 0 bridgehead atoms. The minimum atomic E-state index is -0.258. The van der Waals surface area contributed by atoms with E-state index in [9.17, 15) is 4.39 Å². The summed E-state index contributed by atoms with van der Waals surface area (Å²) in [7, 11) is 1.71. The second-order valence-corrected chi connectivity index (χ2v) is 5.99. The molecule has 2 aromatic rings. The number of aliphatic imine (C=N–C) groups is 1. The van der Waals surface area contributed by atoms with Crippen LogP contribution in [0.2, 0.25) is 0 Å². The third-order valence-electron chi connectivity index (χ3n) is 2.68. The van der Waals surface area contributed by atoms with Gasteiger partial charge in [-0.2, -0.15) is 0 Å². The van der Waals surface area contributed by atoms with Gasteiger partial charge in [-0.3, -0.25) is 4.99 Å². The number of rotatable bonds is 4. The molecule has 0 amide bonds. The van der Waals surface area contributed by atoms with E-state index in [4.69, 9.17) is 0 Å². The first-order chi connectivity index (χ1) is 9.69. The SMILES string of the molecule is CN=C(NCc1ccc(Br)c(F)c1)NCc1cccs1.I. The fourth-order valence-electron chi connectivity index (χ4n) is 1.64. The lowest BCUT2D eigenvalue weighted by Crippen LogP contribution is -2.36. The van der Waals surface area contributed by atoms with Crippen molar-refractivity contribution in [2.24, 2.45) is 4.99 Å². The van der Waals surface area contributed by atoms with Crippen molar-refractivity contribution in [3.63, 3.8) is 0 Å². The average molecular weight is 484 g/mol. The van der Waals surface area contributed by atoms with E-state index >= 15 is 0 Å². The summed E-state index contributed by atoms with van der Waals surface area (Å²) >= 11 is 4.83. The van der Waals surface area contributed by atoms with Crippen LogP contribution in [0.4, 0.5) is 4.39 Å². The summed E-state index contributed by atoms with van der Waals surface area (Å²) in [5.74, 6) is 0.438. The second-order valence-electron chi connectivity index (χ2n) is 4.11. The maximum absolute atomic E-state index is 13.4. The summed E-state index contributed by atoms with van der Waals surface area (Å²) in [6, 6.07) is 9.15. The highest BCUT2D eigenvalue weighted by atomic mass is 127. The molecule has 1 heterocycles. The zero-order chi connectivity index (χ0) is 14.4. The van der Waals surface area contributed by atoms with Crippen LogP contribution in [-0.2, 0) is 13.1 Å². The van der Waals surface area contributed by atoms with Crippen LogP contribution in [0.5, 0.6) is 0 Å². The first-order valence-electron chi connectivity index (χ1n) is 6.10. The fourth-order valence-corrected chi connectivity index (χ4v) is 2.53. The van der Waals surface area contributed by atoms with Crippen LogP contribution in [0, 0.1) is 5.82 Å². The molecule has 0 aliphatic rings. The molecule has 0 aliphatic carbocycles. The van der Waals surface area contributed by atoms with E-state index in [0.717, 1.165) is 12.1 Å². The van der Waals surface area contributed by atoms with Crippen molar-refractivity contribution in [3.05, 3.63) is 56.4 Å². The third kappa shape index (κ3) is 5.91. The largest absolute Gasteiger partial charge is 0.352 e. The summed E-state index contributed by atoms with van der Waals surface area (Å²) in [5, 5.41) is 8.41. The van der Waals surface area contributed by atoms with Crippen molar-refractivity contribution in [2.45, 2.75) is 13.1 Å². The Kier molecular flexibility index (Phi) is 8.20. The summed E-state index contributed by atoms with van der Waals surface area (Å²) < 4.78 is 13.9. The topological polar surface area (TPSA) is 36.4 Å². The molecule has 1 aromatic carbocycles. The Balaban J connectivity index is 0.00000220. The Morgan fingerprint density at radius 3 is 2.67 bits per heavy atom. The van der Waals surface area contributed by atoms with Crippen LogP contribution < -0.4 is 10.6 Å². The second kappa shape index (κ2) is 9.37. The van der Waals surface area contributed by atoms with Gasteiger partial charge in [0.05, 0.1) is 11.0 Å². The molecule has 2 N–H and O–H groups in total. The molecule has 0 saturated heterocycles. The Hall–Kier alpha value is -0.670. The molecule has 3 nitrogen and oxygen atoms in total. The number of thiophene rings is 1. The van der Waals surface area contributed by atoms with E-state index in [2.05, 4.69) is 37.6 Å². The molecule has 0 radical (unpaired) electrons. The Bertz CT molecular complexity index is 590. The monoisotopic (exact) mass is 483 g/mol. The van der Waals surface area contributed by atoms with Crippen molar-refractivity contribution >= 4 is 57.2 Å². The molecule has 2 rings (SSSR count). The molecule has 0 saturated carbocycles. The maximum Gasteiger partial charge on any atom is 0.191 e. The fraction of sp³-hybridized carbons (Fsp3) is 0.214. The van der Waals surface area contributed by atoms with E-state index in [1.165, 1.54) is 10.9 Å². The van der Waals surface area contributed by atoms with Gasteiger partial charge in [0.2, 0.25) is 0 Å². The molecule has 0 spiro atoms.